The Hall–Kier alpha value is -2.87. The highest BCUT2D eigenvalue weighted by Gasteiger charge is 2.13. The molecule has 0 aromatic carbocycles. The first kappa shape index (κ1) is 17.5. The molecule has 2 aromatic heterocycles. The Morgan fingerprint density at radius 3 is 2.71 bits per heavy atom. The summed E-state index contributed by atoms with van der Waals surface area (Å²) in [5, 5.41) is 12.0. The predicted octanol–water partition coefficient (Wildman–Crippen LogP) is 3.76. The van der Waals surface area contributed by atoms with Crippen LogP contribution >= 0.6 is 0 Å². The second-order valence-corrected chi connectivity index (χ2v) is 5.82. The number of aromatic nitrogens is 2. The fraction of sp³-hybridized carbons (Fsp3) is 0.316. The molecule has 2 rings (SSSR count). The number of nitrogens with one attached hydrogen (secondary N) is 1. The van der Waals surface area contributed by atoms with Crippen LogP contribution in [0.1, 0.15) is 35.9 Å². The van der Waals surface area contributed by atoms with Gasteiger partial charge >= 0.3 is 0 Å². The molecule has 0 aliphatic heterocycles. The van der Waals surface area contributed by atoms with Gasteiger partial charge < -0.3 is 9.88 Å². The van der Waals surface area contributed by atoms with E-state index in [9.17, 15) is 10.1 Å². The third kappa shape index (κ3) is 3.90. The number of nitriles is 1. The maximum Gasteiger partial charge on any atom is 0.267 e. The Bertz CT molecular complexity index is 807. The molecular formula is C19H22N4O. The van der Waals surface area contributed by atoms with E-state index in [1.807, 2.05) is 39.0 Å². The summed E-state index contributed by atoms with van der Waals surface area (Å²) in [4.78, 5) is 16.4. The number of aryl methyl sites for hydroxylation is 2. The monoisotopic (exact) mass is 322 g/mol. The average molecular weight is 322 g/mol. The van der Waals surface area contributed by atoms with Crippen LogP contribution in [0.3, 0.4) is 0 Å². The molecule has 24 heavy (non-hydrogen) atoms. The van der Waals surface area contributed by atoms with Gasteiger partial charge in [0.05, 0.1) is 0 Å². The quantitative estimate of drug-likeness (QED) is 0.673. The van der Waals surface area contributed by atoms with Crippen LogP contribution in [0.4, 0.5) is 5.82 Å². The van der Waals surface area contributed by atoms with E-state index in [0.717, 1.165) is 35.5 Å². The SMILES string of the molecule is CCCn1c(C)cc(/C=C(\C#N)C(=O)Nc2ccc(C)cn2)c1C. The fourth-order valence-corrected chi connectivity index (χ4v) is 2.57. The molecule has 0 unspecified atom stereocenters. The molecule has 0 bridgehead atoms. The molecule has 0 spiro atoms. The number of carbonyl (C=O) groups excluding carboxylic acids is 1. The van der Waals surface area contributed by atoms with Crippen LogP contribution in [0, 0.1) is 32.1 Å². The van der Waals surface area contributed by atoms with Gasteiger partial charge in [0.2, 0.25) is 0 Å². The highest BCUT2D eigenvalue weighted by molar-refractivity contribution is 6.09. The van der Waals surface area contributed by atoms with Gasteiger partial charge in [-0.1, -0.05) is 13.0 Å². The zero-order valence-corrected chi connectivity index (χ0v) is 14.6. The topological polar surface area (TPSA) is 70.7 Å². The summed E-state index contributed by atoms with van der Waals surface area (Å²) in [7, 11) is 0. The number of rotatable bonds is 5. The molecule has 1 amide bonds. The van der Waals surface area contributed by atoms with Gasteiger partial charge in [0.15, 0.2) is 0 Å². The zero-order valence-electron chi connectivity index (χ0n) is 14.6. The van der Waals surface area contributed by atoms with Crippen molar-refractivity contribution in [3.05, 3.63) is 52.5 Å². The van der Waals surface area contributed by atoms with Crippen LogP contribution in [-0.2, 0) is 11.3 Å². The van der Waals surface area contributed by atoms with E-state index < -0.39 is 5.91 Å². The van der Waals surface area contributed by atoms with Crippen molar-refractivity contribution in [1.82, 2.24) is 9.55 Å². The normalized spacial score (nSPS) is 11.2. The Labute approximate surface area is 142 Å². The molecule has 5 nitrogen and oxygen atoms in total. The molecule has 5 heteroatoms. The van der Waals surface area contributed by atoms with Crippen molar-refractivity contribution in [2.75, 3.05) is 5.32 Å². The van der Waals surface area contributed by atoms with Crippen molar-refractivity contribution in [3.63, 3.8) is 0 Å². The van der Waals surface area contributed by atoms with E-state index in [4.69, 9.17) is 0 Å². The van der Waals surface area contributed by atoms with Crippen molar-refractivity contribution in [2.45, 2.75) is 40.7 Å². The van der Waals surface area contributed by atoms with Crippen LogP contribution in [0.15, 0.2) is 30.0 Å². The summed E-state index contributed by atoms with van der Waals surface area (Å²) in [6.45, 7) is 9.00. The third-order valence-corrected chi connectivity index (χ3v) is 3.88. The molecule has 2 aromatic rings. The Kier molecular flexibility index (Phi) is 5.54. The van der Waals surface area contributed by atoms with Gasteiger partial charge in [-0.05, 0) is 56.5 Å². The molecule has 0 atom stereocenters. The van der Waals surface area contributed by atoms with Crippen molar-refractivity contribution in [1.29, 1.82) is 5.26 Å². The van der Waals surface area contributed by atoms with Crippen LogP contribution < -0.4 is 5.32 Å². The lowest BCUT2D eigenvalue weighted by Gasteiger charge is -2.07. The van der Waals surface area contributed by atoms with E-state index in [1.54, 1.807) is 18.3 Å². The largest absolute Gasteiger partial charge is 0.349 e. The molecule has 0 saturated heterocycles. The minimum Gasteiger partial charge on any atom is -0.349 e. The van der Waals surface area contributed by atoms with Gasteiger partial charge in [-0.25, -0.2) is 4.98 Å². The number of nitrogens with zero attached hydrogens (tertiary/aromatic N) is 3. The van der Waals surface area contributed by atoms with Gasteiger partial charge in [-0.3, -0.25) is 4.79 Å². The summed E-state index contributed by atoms with van der Waals surface area (Å²) in [6, 6.07) is 7.56. The lowest BCUT2D eigenvalue weighted by Crippen LogP contribution is -2.14. The number of hydrogen-bond acceptors (Lipinski definition) is 3. The molecule has 0 radical (unpaired) electrons. The summed E-state index contributed by atoms with van der Waals surface area (Å²) in [6.07, 6.45) is 4.34. The standard InChI is InChI=1S/C19H22N4O/c1-5-8-23-14(3)9-16(15(23)4)10-17(11-20)19(24)22-18-7-6-13(2)12-21-18/h6-7,9-10,12H,5,8H2,1-4H3,(H,21,22,24)/b17-10+. The Balaban J connectivity index is 2.26. The Morgan fingerprint density at radius 2 is 2.12 bits per heavy atom. The molecule has 0 aliphatic carbocycles. The summed E-state index contributed by atoms with van der Waals surface area (Å²) >= 11 is 0. The molecule has 2 heterocycles. The number of pyridine rings is 1. The average Bonchev–Trinajstić information content (AvgIpc) is 2.82. The van der Waals surface area contributed by atoms with E-state index in [0.29, 0.717) is 5.82 Å². The van der Waals surface area contributed by atoms with Crippen molar-refractivity contribution in [3.8, 4) is 6.07 Å². The number of hydrogen-bond donors (Lipinski definition) is 1. The smallest absolute Gasteiger partial charge is 0.267 e. The summed E-state index contributed by atoms with van der Waals surface area (Å²) in [5.74, 6) is -0.0163. The molecule has 124 valence electrons. The predicted molar refractivity (Wildman–Crippen MR) is 95.4 cm³/mol. The van der Waals surface area contributed by atoms with Crippen LogP contribution in [0.5, 0.6) is 0 Å². The van der Waals surface area contributed by atoms with E-state index in [-0.39, 0.29) is 5.57 Å². The van der Waals surface area contributed by atoms with Crippen LogP contribution in [0.25, 0.3) is 6.08 Å². The zero-order chi connectivity index (χ0) is 17.7. The van der Waals surface area contributed by atoms with E-state index in [1.165, 1.54) is 0 Å². The molecule has 0 saturated carbocycles. The second kappa shape index (κ2) is 7.60. The minimum atomic E-state index is -0.450. The molecule has 0 aliphatic rings. The maximum atomic E-state index is 12.3. The van der Waals surface area contributed by atoms with Crippen molar-refractivity contribution >= 4 is 17.8 Å². The minimum absolute atomic E-state index is 0.0640. The molecule has 0 fully saturated rings. The number of amides is 1. The first-order valence-corrected chi connectivity index (χ1v) is 7.98. The highest BCUT2D eigenvalue weighted by atomic mass is 16.1. The van der Waals surface area contributed by atoms with E-state index in [2.05, 4.69) is 21.8 Å². The van der Waals surface area contributed by atoms with Crippen molar-refractivity contribution in [2.24, 2.45) is 0 Å². The highest BCUT2D eigenvalue weighted by Crippen LogP contribution is 2.19. The first-order chi connectivity index (χ1) is 11.5. The van der Waals surface area contributed by atoms with Crippen molar-refractivity contribution < 1.29 is 4.79 Å². The summed E-state index contributed by atoms with van der Waals surface area (Å²) < 4.78 is 2.19. The van der Waals surface area contributed by atoms with E-state index >= 15 is 0 Å². The first-order valence-electron chi connectivity index (χ1n) is 7.98. The lowest BCUT2D eigenvalue weighted by atomic mass is 10.1. The molecular weight excluding hydrogens is 300 g/mol. The van der Waals surface area contributed by atoms with Gasteiger partial charge in [-0.2, -0.15) is 5.26 Å². The number of anilines is 1. The maximum absolute atomic E-state index is 12.3. The number of carbonyl (C=O) groups is 1. The van der Waals surface area contributed by atoms with Gasteiger partial charge in [0, 0.05) is 24.1 Å². The Morgan fingerprint density at radius 1 is 1.38 bits per heavy atom. The van der Waals surface area contributed by atoms with Gasteiger partial charge in [0.25, 0.3) is 5.91 Å². The van der Waals surface area contributed by atoms with Crippen LogP contribution in [-0.4, -0.2) is 15.5 Å². The summed E-state index contributed by atoms with van der Waals surface area (Å²) in [5.41, 5.74) is 4.15. The third-order valence-electron chi connectivity index (χ3n) is 3.88. The van der Waals surface area contributed by atoms with Gasteiger partial charge in [-0.15, -0.1) is 0 Å². The molecule has 1 N–H and O–H groups in total. The van der Waals surface area contributed by atoms with Crippen LogP contribution in [0.2, 0.25) is 0 Å². The van der Waals surface area contributed by atoms with Gasteiger partial charge in [0.1, 0.15) is 17.5 Å². The second-order valence-electron chi connectivity index (χ2n) is 5.82. The fourth-order valence-electron chi connectivity index (χ4n) is 2.57. The lowest BCUT2D eigenvalue weighted by molar-refractivity contribution is -0.112.